The predicted octanol–water partition coefficient (Wildman–Crippen LogP) is 0.925. The van der Waals surface area contributed by atoms with Crippen LogP contribution in [0.3, 0.4) is 0 Å². The van der Waals surface area contributed by atoms with Crippen LogP contribution < -0.4 is 25.0 Å². The van der Waals surface area contributed by atoms with Crippen LogP contribution in [0.4, 0.5) is 5.69 Å². The minimum absolute atomic E-state index is 0.0740. The molecule has 0 bridgehead atoms. The van der Waals surface area contributed by atoms with Crippen molar-refractivity contribution in [2.24, 2.45) is 0 Å². The molecule has 0 radical (unpaired) electrons. The summed E-state index contributed by atoms with van der Waals surface area (Å²) in [5.41, 5.74) is 0.570. The second-order valence-electron chi connectivity index (χ2n) is 5.93. The third-order valence-corrected chi connectivity index (χ3v) is 4.92. The number of ether oxygens (including phenoxy) is 2. The number of hydrogen-bond donors (Lipinski definition) is 3. The van der Waals surface area contributed by atoms with E-state index in [2.05, 4.69) is 10.6 Å². The maximum Gasteiger partial charge on any atom is 0.279 e. The van der Waals surface area contributed by atoms with Crippen molar-refractivity contribution in [1.29, 1.82) is 0 Å². The van der Waals surface area contributed by atoms with Gasteiger partial charge in [-0.15, -0.1) is 11.3 Å². The van der Waals surface area contributed by atoms with Crippen molar-refractivity contribution < 1.29 is 24.0 Å². The van der Waals surface area contributed by atoms with Crippen LogP contribution in [0.5, 0.6) is 11.5 Å². The Kier molecular flexibility index (Phi) is 8.09. The lowest BCUT2D eigenvalue weighted by molar-refractivity contribution is -0.881. The Balaban J connectivity index is 1.86. The summed E-state index contributed by atoms with van der Waals surface area (Å²) in [6, 6.07) is 9.12. The highest BCUT2D eigenvalue weighted by Gasteiger charge is 2.18. The van der Waals surface area contributed by atoms with Gasteiger partial charge < -0.3 is 25.0 Å². The van der Waals surface area contributed by atoms with Crippen molar-refractivity contribution in [2.45, 2.75) is 13.5 Å². The average Bonchev–Trinajstić information content (AvgIpc) is 3.19. The first-order valence-corrected chi connectivity index (χ1v) is 9.58. The van der Waals surface area contributed by atoms with Gasteiger partial charge in [-0.05, 0) is 30.5 Å². The molecule has 146 valence electrons. The fourth-order valence-corrected chi connectivity index (χ4v) is 3.17. The fourth-order valence-electron chi connectivity index (χ4n) is 2.52. The molecule has 0 aliphatic rings. The molecule has 1 aromatic carbocycles. The minimum Gasteiger partial charge on any atom is -0.497 e. The van der Waals surface area contributed by atoms with E-state index >= 15 is 0 Å². The molecule has 7 nitrogen and oxygen atoms in total. The number of quaternary nitrogens is 1. The molecular formula is C19H26N3O4S+. The number of likely N-dealkylation sites (N-methyl/N-ethyl adjacent to an activating group) is 1. The van der Waals surface area contributed by atoms with Gasteiger partial charge in [-0.2, -0.15) is 0 Å². The van der Waals surface area contributed by atoms with Crippen molar-refractivity contribution in [1.82, 2.24) is 5.32 Å². The van der Waals surface area contributed by atoms with E-state index in [1.54, 1.807) is 36.6 Å². The topological polar surface area (TPSA) is 81.1 Å². The normalized spacial score (nSPS) is 11.5. The number of hydrogen-bond acceptors (Lipinski definition) is 5. The van der Waals surface area contributed by atoms with E-state index in [9.17, 15) is 9.59 Å². The van der Waals surface area contributed by atoms with Crippen LogP contribution in [0.2, 0.25) is 0 Å². The standard InChI is InChI=1S/C19H25N3O4S/c1-4-22(12-18(23)20-11-15-6-5-9-27-15)13-19(24)21-16-8-7-14(25-2)10-17(16)26-3/h5-10H,4,11-13H2,1-3H3,(H,20,23)(H,21,24)/p+1. The third-order valence-electron chi connectivity index (χ3n) is 4.04. The predicted molar refractivity (Wildman–Crippen MR) is 106 cm³/mol. The molecule has 3 N–H and O–H groups in total. The van der Waals surface area contributed by atoms with Crippen LogP contribution in [0.1, 0.15) is 11.8 Å². The maximum absolute atomic E-state index is 12.4. The Morgan fingerprint density at radius 2 is 1.89 bits per heavy atom. The molecule has 2 amide bonds. The average molecular weight is 393 g/mol. The summed E-state index contributed by atoms with van der Waals surface area (Å²) < 4.78 is 10.4. The first-order valence-electron chi connectivity index (χ1n) is 8.70. The van der Waals surface area contributed by atoms with Gasteiger partial charge in [-0.25, -0.2) is 0 Å². The Morgan fingerprint density at radius 1 is 1.11 bits per heavy atom. The first-order chi connectivity index (χ1) is 13.0. The molecule has 2 aromatic rings. The Hall–Kier alpha value is -2.58. The lowest BCUT2D eigenvalue weighted by Gasteiger charge is -2.17. The SMILES string of the molecule is CC[NH+](CC(=O)NCc1cccs1)CC(=O)Nc1ccc(OC)cc1OC. The highest BCUT2D eigenvalue weighted by Crippen LogP contribution is 2.28. The van der Waals surface area contributed by atoms with Crippen LogP contribution in [0.15, 0.2) is 35.7 Å². The van der Waals surface area contributed by atoms with Crippen LogP contribution in [0, 0.1) is 0 Å². The summed E-state index contributed by atoms with van der Waals surface area (Å²) in [6.45, 7) is 3.57. The van der Waals surface area contributed by atoms with Gasteiger partial charge in [0, 0.05) is 10.9 Å². The van der Waals surface area contributed by atoms with E-state index in [1.165, 1.54) is 7.11 Å². The molecule has 0 aliphatic heterocycles. The van der Waals surface area contributed by atoms with Gasteiger partial charge in [0.15, 0.2) is 13.1 Å². The van der Waals surface area contributed by atoms with Crippen molar-refractivity contribution in [3.8, 4) is 11.5 Å². The Labute approximate surface area is 163 Å². The van der Waals surface area contributed by atoms with E-state index in [-0.39, 0.29) is 24.9 Å². The fraction of sp³-hybridized carbons (Fsp3) is 0.368. The van der Waals surface area contributed by atoms with Crippen molar-refractivity contribution in [3.63, 3.8) is 0 Å². The van der Waals surface area contributed by atoms with Crippen molar-refractivity contribution >= 4 is 28.8 Å². The van der Waals surface area contributed by atoms with Gasteiger partial charge in [0.05, 0.1) is 33.0 Å². The number of amides is 2. The number of methoxy groups -OCH3 is 2. The molecule has 2 rings (SSSR count). The van der Waals surface area contributed by atoms with E-state index in [0.717, 1.165) is 9.78 Å². The summed E-state index contributed by atoms with van der Waals surface area (Å²) in [7, 11) is 3.10. The van der Waals surface area contributed by atoms with Crippen LogP contribution in [-0.4, -0.2) is 45.7 Å². The van der Waals surface area contributed by atoms with Gasteiger partial charge in [0.2, 0.25) is 0 Å². The summed E-state index contributed by atoms with van der Waals surface area (Å²) in [5, 5.41) is 7.70. The zero-order chi connectivity index (χ0) is 19.6. The molecule has 0 saturated heterocycles. The largest absolute Gasteiger partial charge is 0.497 e. The molecule has 1 unspecified atom stereocenters. The number of thiophene rings is 1. The monoisotopic (exact) mass is 392 g/mol. The lowest BCUT2D eigenvalue weighted by Crippen LogP contribution is -3.13. The molecule has 0 aliphatic carbocycles. The molecule has 1 heterocycles. The quantitative estimate of drug-likeness (QED) is 0.562. The van der Waals surface area contributed by atoms with Gasteiger partial charge in [-0.1, -0.05) is 6.07 Å². The van der Waals surface area contributed by atoms with Gasteiger partial charge in [0.1, 0.15) is 11.5 Å². The molecule has 0 saturated carbocycles. The summed E-state index contributed by atoms with van der Waals surface area (Å²) in [4.78, 5) is 26.5. The van der Waals surface area contributed by atoms with E-state index in [4.69, 9.17) is 9.47 Å². The molecule has 1 atom stereocenters. The third kappa shape index (κ3) is 6.58. The van der Waals surface area contributed by atoms with E-state index < -0.39 is 0 Å². The number of carbonyl (C=O) groups excluding carboxylic acids is 2. The first kappa shape index (κ1) is 20.7. The second-order valence-corrected chi connectivity index (χ2v) is 6.96. The van der Waals surface area contributed by atoms with Gasteiger partial charge in [0.25, 0.3) is 11.8 Å². The molecular weight excluding hydrogens is 366 g/mol. The number of benzene rings is 1. The Morgan fingerprint density at radius 3 is 2.52 bits per heavy atom. The summed E-state index contributed by atoms with van der Waals surface area (Å²) in [5.74, 6) is 0.916. The highest BCUT2D eigenvalue weighted by atomic mass is 32.1. The van der Waals surface area contributed by atoms with Crippen molar-refractivity contribution in [3.05, 3.63) is 40.6 Å². The van der Waals surface area contributed by atoms with Crippen LogP contribution in [0.25, 0.3) is 0 Å². The van der Waals surface area contributed by atoms with E-state index in [0.29, 0.717) is 30.3 Å². The maximum atomic E-state index is 12.4. The van der Waals surface area contributed by atoms with Crippen LogP contribution >= 0.6 is 11.3 Å². The molecule has 8 heteroatoms. The summed E-state index contributed by atoms with van der Waals surface area (Å²) in [6.07, 6.45) is 0. The molecule has 0 fully saturated rings. The summed E-state index contributed by atoms with van der Waals surface area (Å²) >= 11 is 1.60. The molecule has 27 heavy (non-hydrogen) atoms. The van der Waals surface area contributed by atoms with E-state index in [1.807, 2.05) is 24.4 Å². The minimum atomic E-state index is -0.179. The zero-order valence-electron chi connectivity index (χ0n) is 15.8. The van der Waals surface area contributed by atoms with Gasteiger partial charge in [-0.3, -0.25) is 9.59 Å². The lowest BCUT2D eigenvalue weighted by atomic mass is 10.2. The van der Waals surface area contributed by atoms with Crippen molar-refractivity contribution in [2.75, 3.05) is 39.2 Å². The highest BCUT2D eigenvalue weighted by molar-refractivity contribution is 7.09. The number of rotatable bonds is 10. The second kappa shape index (κ2) is 10.5. The zero-order valence-corrected chi connectivity index (χ0v) is 16.7. The van der Waals surface area contributed by atoms with Crippen LogP contribution in [-0.2, 0) is 16.1 Å². The molecule has 1 aromatic heterocycles. The Bertz CT molecular complexity index is 749. The number of carbonyl (C=O) groups is 2. The number of nitrogens with one attached hydrogen (secondary N) is 3. The number of anilines is 1. The smallest absolute Gasteiger partial charge is 0.279 e. The van der Waals surface area contributed by atoms with Gasteiger partial charge >= 0.3 is 0 Å². The molecule has 0 spiro atoms.